The van der Waals surface area contributed by atoms with E-state index < -0.39 is 7.26 Å². The first-order valence-electron chi connectivity index (χ1n) is 8.33. The maximum absolute atomic E-state index is 5.18. The van der Waals surface area contributed by atoms with Gasteiger partial charge in [-0.15, -0.1) is 0 Å². The standard InChI is InChI=1S/C18H32OP/c1-4-7-13-20(14-8-5-2,15-9-6-3)16-11-18-10-12-19-17-18/h10-12,16-17H,4-9,13-15H2,1-3H3/q+1/b16-11+. The van der Waals surface area contributed by atoms with Gasteiger partial charge in [0.15, 0.2) is 0 Å². The van der Waals surface area contributed by atoms with Crippen molar-refractivity contribution in [3.05, 3.63) is 30.0 Å². The Morgan fingerprint density at radius 1 is 0.950 bits per heavy atom. The predicted molar refractivity (Wildman–Crippen MR) is 94.0 cm³/mol. The molecule has 0 saturated heterocycles. The molecule has 1 aromatic heterocycles. The van der Waals surface area contributed by atoms with Crippen molar-refractivity contribution in [3.63, 3.8) is 0 Å². The highest BCUT2D eigenvalue weighted by molar-refractivity contribution is 7.78. The van der Waals surface area contributed by atoms with Crippen molar-refractivity contribution < 1.29 is 4.42 Å². The first-order chi connectivity index (χ1) is 9.76. The monoisotopic (exact) mass is 295 g/mol. The molecule has 0 aliphatic rings. The summed E-state index contributed by atoms with van der Waals surface area (Å²) in [5, 5.41) is 0. The average molecular weight is 295 g/mol. The van der Waals surface area contributed by atoms with Crippen LogP contribution in [-0.2, 0) is 0 Å². The lowest BCUT2D eigenvalue weighted by Gasteiger charge is -2.24. The molecule has 2 heteroatoms. The summed E-state index contributed by atoms with van der Waals surface area (Å²) in [5.41, 5.74) is 1.22. The van der Waals surface area contributed by atoms with Gasteiger partial charge in [0.05, 0.1) is 36.8 Å². The molecule has 20 heavy (non-hydrogen) atoms. The lowest BCUT2D eigenvalue weighted by molar-refractivity contribution is 0.567. The highest BCUT2D eigenvalue weighted by Crippen LogP contribution is 2.62. The summed E-state index contributed by atoms with van der Waals surface area (Å²) in [7, 11) is -0.909. The van der Waals surface area contributed by atoms with Crippen LogP contribution in [0.5, 0.6) is 0 Å². The van der Waals surface area contributed by atoms with Gasteiger partial charge in [0, 0.05) is 12.8 Å². The van der Waals surface area contributed by atoms with Crippen LogP contribution in [0.15, 0.2) is 28.8 Å². The maximum atomic E-state index is 5.18. The third kappa shape index (κ3) is 6.27. The van der Waals surface area contributed by atoms with E-state index >= 15 is 0 Å². The largest absolute Gasteiger partial charge is 0.472 e. The molecule has 0 bridgehead atoms. The quantitative estimate of drug-likeness (QED) is 0.415. The van der Waals surface area contributed by atoms with Gasteiger partial charge in [-0.2, -0.15) is 0 Å². The van der Waals surface area contributed by atoms with Crippen molar-refractivity contribution in [2.75, 3.05) is 18.5 Å². The minimum absolute atomic E-state index is 0.909. The second-order valence-electron chi connectivity index (χ2n) is 5.82. The molecule has 0 radical (unpaired) electrons. The lowest BCUT2D eigenvalue weighted by Crippen LogP contribution is -2.06. The molecule has 0 saturated carbocycles. The summed E-state index contributed by atoms with van der Waals surface area (Å²) < 4.78 is 5.18. The van der Waals surface area contributed by atoms with Crippen LogP contribution in [0, 0.1) is 0 Å². The number of unbranched alkanes of at least 4 members (excludes halogenated alkanes) is 3. The van der Waals surface area contributed by atoms with Crippen LogP contribution in [-0.4, -0.2) is 18.5 Å². The molecule has 1 nitrogen and oxygen atoms in total. The van der Waals surface area contributed by atoms with E-state index in [1.54, 1.807) is 6.26 Å². The fourth-order valence-corrected chi connectivity index (χ4v) is 7.04. The smallest absolute Gasteiger partial charge is 0.0976 e. The molecule has 1 heterocycles. The van der Waals surface area contributed by atoms with E-state index in [1.165, 1.54) is 62.6 Å². The van der Waals surface area contributed by atoms with Crippen LogP contribution in [0.1, 0.15) is 64.9 Å². The van der Waals surface area contributed by atoms with Gasteiger partial charge in [-0.05, 0) is 31.4 Å². The second-order valence-corrected chi connectivity index (χ2v) is 9.90. The summed E-state index contributed by atoms with van der Waals surface area (Å²) in [4.78, 5) is 0. The predicted octanol–water partition coefficient (Wildman–Crippen LogP) is 6.67. The molecule has 0 N–H and O–H groups in total. The van der Waals surface area contributed by atoms with Crippen LogP contribution >= 0.6 is 7.26 Å². The maximum Gasteiger partial charge on any atom is 0.0976 e. The van der Waals surface area contributed by atoms with E-state index in [2.05, 4.69) is 38.7 Å². The normalized spacial score (nSPS) is 12.3. The SMILES string of the molecule is CCCC[P+](/C=C/c1ccoc1)(CCCC)CCCC. The zero-order valence-corrected chi connectivity index (χ0v) is 14.5. The van der Waals surface area contributed by atoms with Gasteiger partial charge < -0.3 is 4.42 Å². The third-order valence-corrected chi connectivity index (χ3v) is 8.40. The minimum atomic E-state index is -0.909. The number of rotatable bonds is 11. The van der Waals surface area contributed by atoms with Crippen LogP contribution < -0.4 is 0 Å². The van der Waals surface area contributed by atoms with Gasteiger partial charge >= 0.3 is 0 Å². The number of furan rings is 1. The lowest BCUT2D eigenvalue weighted by atomic mass is 10.3. The van der Waals surface area contributed by atoms with Crippen molar-refractivity contribution in [2.45, 2.75) is 59.3 Å². The van der Waals surface area contributed by atoms with E-state index in [1.807, 2.05) is 6.26 Å². The average Bonchev–Trinajstić information content (AvgIpc) is 2.99. The van der Waals surface area contributed by atoms with Crippen LogP contribution in [0.3, 0.4) is 0 Å². The molecule has 0 unspecified atom stereocenters. The van der Waals surface area contributed by atoms with E-state index in [0.29, 0.717) is 0 Å². The van der Waals surface area contributed by atoms with E-state index in [4.69, 9.17) is 4.42 Å². The Hall–Kier alpha value is -0.550. The molecule has 0 spiro atoms. The van der Waals surface area contributed by atoms with Crippen molar-refractivity contribution in [3.8, 4) is 0 Å². The molecule has 0 aliphatic heterocycles. The van der Waals surface area contributed by atoms with Crippen molar-refractivity contribution in [1.82, 2.24) is 0 Å². The van der Waals surface area contributed by atoms with Crippen LogP contribution in [0.2, 0.25) is 0 Å². The summed E-state index contributed by atoms with van der Waals surface area (Å²) in [6.45, 7) is 6.94. The molecule has 0 amide bonds. The Morgan fingerprint density at radius 2 is 1.50 bits per heavy atom. The topological polar surface area (TPSA) is 13.1 Å². The summed E-state index contributed by atoms with van der Waals surface area (Å²) in [6, 6.07) is 2.06. The van der Waals surface area contributed by atoms with Crippen LogP contribution in [0.25, 0.3) is 6.08 Å². The first kappa shape index (κ1) is 17.5. The van der Waals surface area contributed by atoms with Crippen molar-refractivity contribution in [2.24, 2.45) is 0 Å². The summed E-state index contributed by atoms with van der Waals surface area (Å²) in [5.74, 6) is 2.60. The Balaban J connectivity index is 2.80. The van der Waals surface area contributed by atoms with E-state index in [-0.39, 0.29) is 0 Å². The Labute approximate surface area is 126 Å². The fraction of sp³-hybridized carbons (Fsp3) is 0.667. The molecular weight excluding hydrogens is 263 g/mol. The number of hydrogen-bond donors (Lipinski definition) is 0. The zero-order chi connectivity index (χ0) is 14.7. The zero-order valence-electron chi connectivity index (χ0n) is 13.6. The number of hydrogen-bond acceptors (Lipinski definition) is 1. The van der Waals surface area contributed by atoms with Gasteiger partial charge in [0.25, 0.3) is 0 Å². The first-order valence-corrected chi connectivity index (χ1v) is 10.7. The fourth-order valence-electron chi connectivity index (χ4n) is 2.59. The van der Waals surface area contributed by atoms with E-state index in [9.17, 15) is 0 Å². The molecule has 0 aliphatic carbocycles. The minimum Gasteiger partial charge on any atom is -0.472 e. The highest BCUT2D eigenvalue weighted by atomic mass is 31.2. The Kier molecular flexibility index (Phi) is 8.94. The van der Waals surface area contributed by atoms with Crippen molar-refractivity contribution in [1.29, 1.82) is 0 Å². The molecule has 114 valence electrons. The second kappa shape index (κ2) is 10.2. The van der Waals surface area contributed by atoms with E-state index in [0.717, 1.165) is 0 Å². The molecule has 0 fully saturated rings. The molecular formula is C18H32OP+. The van der Waals surface area contributed by atoms with Gasteiger partial charge in [0.1, 0.15) is 0 Å². The third-order valence-electron chi connectivity index (χ3n) is 4.00. The van der Waals surface area contributed by atoms with Crippen LogP contribution in [0.4, 0.5) is 0 Å². The summed E-state index contributed by atoms with van der Waals surface area (Å²) >= 11 is 0. The van der Waals surface area contributed by atoms with Gasteiger partial charge in [0.2, 0.25) is 0 Å². The van der Waals surface area contributed by atoms with Crippen molar-refractivity contribution >= 4 is 13.3 Å². The molecule has 1 aromatic rings. The highest BCUT2D eigenvalue weighted by Gasteiger charge is 2.32. The van der Waals surface area contributed by atoms with Gasteiger partial charge in [-0.3, -0.25) is 0 Å². The van der Waals surface area contributed by atoms with Gasteiger partial charge in [-0.25, -0.2) is 0 Å². The molecule has 0 atom stereocenters. The molecule has 1 rings (SSSR count). The molecule has 0 aromatic carbocycles. The Bertz CT molecular complexity index is 332. The van der Waals surface area contributed by atoms with Gasteiger partial charge in [-0.1, -0.05) is 40.0 Å². The Morgan fingerprint density at radius 3 is 1.90 bits per heavy atom. The summed E-state index contributed by atoms with van der Waals surface area (Å²) in [6.07, 6.45) is 18.4.